The summed E-state index contributed by atoms with van der Waals surface area (Å²) >= 11 is 9.09. The molecule has 0 atom stereocenters. The molecule has 8 nitrogen and oxygen atoms in total. The molecular formula is C17H15BrClN3O5. The van der Waals surface area contributed by atoms with Crippen molar-refractivity contribution in [1.82, 2.24) is 5.43 Å². The summed E-state index contributed by atoms with van der Waals surface area (Å²) in [4.78, 5) is 22.1. The van der Waals surface area contributed by atoms with E-state index in [1.165, 1.54) is 0 Å². The molecule has 0 fully saturated rings. The Labute approximate surface area is 168 Å². The number of aromatic hydroxyl groups is 1. The van der Waals surface area contributed by atoms with Gasteiger partial charge >= 0.3 is 0 Å². The number of rotatable bonds is 6. The minimum Gasteiger partial charge on any atom is -0.506 e. The van der Waals surface area contributed by atoms with E-state index in [0.29, 0.717) is 10.8 Å². The van der Waals surface area contributed by atoms with E-state index in [0.717, 1.165) is 29.5 Å². The molecule has 0 radical (unpaired) electrons. The Bertz CT molecular complexity index is 910. The topological polar surface area (TPSA) is 114 Å². The molecule has 0 aliphatic heterocycles. The third-order valence-corrected chi connectivity index (χ3v) is 4.66. The van der Waals surface area contributed by atoms with E-state index in [4.69, 9.17) is 16.3 Å². The summed E-state index contributed by atoms with van der Waals surface area (Å²) in [6.07, 6.45) is 1.10. The lowest BCUT2D eigenvalue weighted by Gasteiger charge is -2.09. The molecular weight excluding hydrogens is 442 g/mol. The van der Waals surface area contributed by atoms with Gasteiger partial charge in [0.2, 0.25) is 0 Å². The van der Waals surface area contributed by atoms with Gasteiger partial charge in [-0.15, -0.1) is 0 Å². The van der Waals surface area contributed by atoms with Crippen molar-refractivity contribution in [3.8, 4) is 11.5 Å². The predicted molar refractivity (Wildman–Crippen MR) is 105 cm³/mol. The Balaban J connectivity index is 1.99. The first kappa shape index (κ1) is 20.7. The molecule has 0 aliphatic rings. The van der Waals surface area contributed by atoms with Crippen molar-refractivity contribution in [3.63, 3.8) is 0 Å². The van der Waals surface area contributed by atoms with Gasteiger partial charge < -0.3 is 9.84 Å². The second kappa shape index (κ2) is 8.83. The fourth-order valence-electron chi connectivity index (χ4n) is 2.15. The number of amides is 1. The van der Waals surface area contributed by atoms with Gasteiger partial charge in [0.05, 0.1) is 15.6 Å². The van der Waals surface area contributed by atoms with Crippen molar-refractivity contribution in [2.45, 2.75) is 13.8 Å². The number of halogens is 2. The van der Waals surface area contributed by atoms with Crippen molar-refractivity contribution in [2.24, 2.45) is 5.10 Å². The number of phenols is 1. The van der Waals surface area contributed by atoms with E-state index in [-0.39, 0.29) is 28.1 Å². The van der Waals surface area contributed by atoms with Crippen LogP contribution < -0.4 is 10.2 Å². The highest BCUT2D eigenvalue weighted by atomic mass is 79.9. The highest BCUT2D eigenvalue weighted by Crippen LogP contribution is 2.31. The Kier molecular flexibility index (Phi) is 6.75. The minimum atomic E-state index is -0.607. The molecule has 142 valence electrons. The van der Waals surface area contributed by atoms with Gasteiger partial charge in [0.25, 0.3) is 11.6 Å². The summed E-state index contributed by atoms with van der Waals surface area (Å²) in [5, 5.41) is 25.1. The minimum absolute atomic E-state index is 0.0706. The van der Waals surface area contributed by atoms with Crippen molar-refractivity contribution in [2.75, 3.05) is 6.61 Å². The first-order valence-electron chi connectivity index (χ1n) is 7.57. The number of hydrogen-bond donors (Lipinski definition) is 2. The Morgan fingerprint density at radius 2 is 2.00 bits per heavy atom. The highest BCUT2D eigenvalue weighted by Gasteiger charge is 2.13. The third kappa shape index (κ3) is 5.41. The molecule has 0 bridgehead atoms. The number of carbonyl (C=O) groups excluding carboxylic acids is 1. The molecule has 2 N–H and O–H groups in total. The largest absolute Gasteiger partial charge is 0.506 e. The van der Waals surface area contributed by atoms with Gasteiger partial charge in [-0.05, 0) is 53.0 Å². The van der Waals surface area contributed by atoms with E-state index in [9.17, 15) is 20.0 Å². The van der Waals surface area contributed by atoms with Gasteiger partial charge in [0.1, 0.15) is 11.5 Å². The SMILES string of the molecule is Cc1cc(OCC(=O)NN=Cc2cc([N+](=O)[O-])cc(Br)c2O)cc(C)c1Cl. The number of aryl methyl sites for hydroxylation is 2. The number of ether oxygens (including phenoxy) is 1. The zero-order valence-electron chi connectivity index (χ0n) is 14.3. The van der Waals surface area contributed by atoms with Crippen LogP contribution in [0.15, 0.2) is 33.8 Å². The number of nitro benzene ring substituents is 1. The molecule has 0 heterocycles. The van der Waals surface area contributed by atoms with Crippen LogP contribution in [0.5, 0.6) is 11.5 Å². The maximum Gasteiger partial charge on any atom is 0.277 e. The number of phenolic OH excluding ortho intramolecular Hbond substituents is 1. The van der Waals surface area contributed by atoms with E-state index < -0.39 is 10.8 Å². The number of non-ortho nitro benzene ring substituents is 1. The number of nitrogens with one attached hydrogen (secondary N) is 1. The molecule has 27 heavy (non-hydrogen) atoms. The second-order valence-corrected chi connectivity index (χ2v) is 6.81. The lowest BCUT2D eigenvalue weighted by atomic mass is 10.1. The molecule has 2 aromatic rings. The summed E-state index contributed by atoms with van der Waals surface area (Å²) in [5.41, 5.74) is 3.72. The Morgan fingerprint density at radius 1 is 1.37 bits per heavy atom. The number of hydrazone groups is 1. The zero-order valence-corrected chi connectivity index (χ0v) is 16.7. The van der Waals surface area contributed by atoms with Crippen LogP contribution in [0.1, 0.15) is 16.7 Å². The first-order chi connectivity index (χ1) is 12.7. The van der Waals surface area contributed by atoms with E-state index in [1.54, 1.807) is 12.1 Å². The molecule has 0 spiro atoms. The van der Waals surface area contributed by atoms with Gasteiger partial charge in [0.15, 0.2) is 6.61 Å². The maximum atomic E-state index is 11.8. The van der Waals surface area contributed by atoms with Gasteiger partial charge in [-0.1, -0.05) is 11.6 Å². The van der Waals surface area contributed by atoms with Crippen LogP contribution in [0.4, 0.5) is 5.69 Å². The summed E-state index contributed by atoms with van der Waals surface area (Å²) in [6.45, 7) is 3.37. The van der Waals surface area contributed by atoms with Gasteiger partial charge in [0, 0.05) is 22.7 Å². The van der Waals surface area contributed by atoms with Gasteiger partial charge in [-0.3, -0.25) is 14.9 Å². The fourth-order valence-corrected chi connectivity index (χ4v) is 2.73. The quantitative estimate of drug-likeness (QED) is 0.389. The number of hydrogen-bond acceptors (Lipinski definition) is 6. The number of benzene rings is 2. The zero-order chi connectivity index (χ0) is 20.1. The molecule has 2 rings (SSSR count). The normalized spacial score (nSPS) is 10.8. The number of carbonyl (C=O) groups is 1. The van der Waals surface area contributed by atoms with E-state index in [1.807, 2.05) is 13.8 Å². The Morgan fingerprint density at radius 3 is 2.59 bits per heavy atom. The first-order valence-corrected chi connectivity index (χ1v) is 8.74. The van der Waals surface area contributed by atoms with Crippen molar-refractivity contribution in [3.05, 3.63) is 60.6 Å². The molecule has 0 unspecified atom stereocenters. The Hall–Kier alpha value is -2.65. The average Bonchev–Trinajstić information content (AvgIpc) is 2.60. The molecule has 0 saturated heterocycles. The smallest absolute Gasteiger partial charge is 0.277 e. The second-order valence-electron chi connectivity index (χ2n) is 5.58. The van der Waals surface area contributed by atoms with Crippen LogP contribution >= 0.6 is 27.5 Å². The summed E-state index contributed by atoms with van der Waals surface area (Å²) in [7, 11) is 0. The lowest BCUT2D eigenvalue weighted by Crippen LogP contribution is -2.24. The van der Waals surface area contributed by atoms with Crippen LogP contribution in [0.2, 0.25) is 5.02 Å². The molecule has 0 saturated carbocycles. The van der Waals surface area contributed by atoms with E-state index >= 15 is 0 Å². The third-order valence-electron chi connectivity index (χ3n) is 3.46. The van der Waals surface area contributed by atoms with Crippen LogP contribution in [-0.4, -0.2) is 28.8 Å². The average molecular weight is 457 g/mol. The predicted octanol–water partition coefficient (Wildman–Crippen LogP) is 3.86. The number of nitro groups is 1. The molecule has 2 aromatic carbocycles. The molecule has 0 aliphatic carbocycles. The van der Waals surface area contributed by atoms with Crippen molar-refractivity contribution < 1.29 is 19.6 Å². The molecule has 1 amide bonds. The van der Waals surface area contributed by atoms with E-state index in [2.05, 4.69) is 26.5 Å². The summed E-state index contributed by atoms with van der Waals surface area (Å²) < 4.78 is 5.53. The van der Waals surface area contributed by atoms with Crippen molar-refractivity contribution in [1.29, 1.82) is 0 Å². The van der Waals surface area contributed by atoms with Crippen LogP contribution in [0, 0.1) is 24.0 Å². The van der Waals surface area contributed by atoms with Crippen LogP contribution in [-0.2, 0) is 4.79 Å². The van der Waals surface area contributed by atoms with Crippen molar-refractivity contribution >= 4 is 45.3 Å². The standard InChI is InChI=1S/C17H15BrClN3O5/c1-9-3-13(4-10(2)16(9)19)27-8-15(23)21-20-7-11-5-12(22(25)26)6-14(18)17(11)24/h3-7,24H,8H2,1-2H3,(H,21,23). The molecule has 0 aromatic heterocycles. The number of nitrogens with zero attached hydrogens (tertiary/aromatic N) is 2. The van der Waals surface area contributed by atoms with Crippen LogP contribution in [0.3, 0.4) is 0 Å². The summed E-state index contributed by atoms with van der Waals surface area (Å²) in [5.74, 6) is -0.281. The highest BCUT2D eigenvalue weighted by molar-refractivity contribution is 9.10. The molecule has 10 heteroatoms. The van der Waals surface area contributed by atoms with Crippen LogP contribution in [0.25, 0.3) is 0 Å². The monoisotopic (exact) mass is 455 g/mol. The van der Waals surface area contributed by atoms with Gasteiger partial charge in [-0.25, -0.2) is 5.43 Å². The summed E-state index contributed by atoms with van der Waals surface area (Å²) in [6, 6.07) is 5.72. The van der Waals surface area contributed by atoms with Gasteiger partial charge in [-0.2, -0.15) is 5.10 Å². The fraction of sp³-hybridized carbons (Fsp3) is 0.176. The lowest BCUT2D eigenvalue weighted by molar-refractivity contribution is -0.385. The maximum absolute atomic E-state index is 11.8.